The van der Waals surface area contributed by atoms with Gasteiger partial charge in [0, 0.05) is 14.2 Å². The van der Waals surface area contributed by atoms with E-state index in [0.29, 0.717) is 6.61 Å². The molecule has 0 aromatic carbocycles. The molecule has 0 aliphatic heterocycles. The van der Waals surface area contributed by atoms with E-state index in [0.717, 1.165) is 0 Å². The summed E-state index contributed by atoms with van der Waals surface area (Å²) in [6.07, 6.45) is -0.364. The Morgan fingerprint density at radius 1 is 1.40 bits per heavy atom. The first kappa shape index (κ1) is 9.84. The first-order chi connectivity index (χ1) is 4.85. The molecule has 62 valence electrons. The molecule has 1 atom stereocenters. The van der Waals surface area contributed by atoms with Gasteiger partial charge in [-0.25, -0.2) is 0 Å². The van der Waals surface area contributed by atoms with Gasteiger partial charge < -0.3 is 19.3 Å². The van der Waals surface area contributed by atoms with Crippen molar-refractivity contribution >= 4 is 0 Å². The molecule has 1 unspecified atom stereocenters. The third kappa shape index (κ3) is 4.69. The Kier molecular flexibility index (Phi) is 6.84. The molecular formula is C6H14O4. The van der Waals surface area contributed by atoms with Crippen molar-refractivity contribution in [2.45, 2.75) is 6.29 Å². The van der Waals surface area contributed by atoms with Crippen LogP contribution in [0.2, 0.25) is 0 Å². The van der Waals surface area contributed by atoms with Gasteiger partial charge in [-0.15, -0.1) is 0 Å². The molecule has 0 spiro atoms. The molecule has 0 heterocycles. The Labute approximate surface area is 60.7 Å². The third-order valence-corrected chi connectivity index (χ3v) is 0.961. The topological polar surface area (TPSA) is 47.9 Å². The smallest absolute Gasteiger partial charge is 0.180 e. The summed E-state index contributed by atoms with van der Waals surface area (Å²) < 4.78 is 14.6. The highest BCUT2D eigenvalue weighted by molar-refractivity contribution is 4.38. The lowest BCUT2D eigenvalue weighted by Gasteiger charge is -2.13. The molecule has 0 saturated heterocycles. The van der Waals surface area contributed by atoms with Crippen LogP contribution in [0.3, 0.4) is 0 Å². The fraction of sp³-hybridized carbons (Fsp3) is 1.00. The Morgan fingerprint density at radius 2 is 2.10 bits per heavy atom. The second kappa shape index (κ2) is 6.95. The average Bonchev–Trinajstić information content (AvgIpc) is 1.98. The molecule has 0 bridgehead atoms. The largest absolute Gasteiger partial charge is 0.394 e. The van der Waals surface area contributed by atoms with Gasteiger partial charge in [0.25, 0.3) is 0 Å². The monoisotopic (exact) mass is 150 g/mol. The maximum Gasteiger partial charge on any atom is 0.180 e. The van der Waals surface area contributed by atoms with Gasteiger partial charge in [0.2, 0.25) is 0 Å². The summed E-state index contributed by atoms with van der Waals surface area (Å²) in [6, 6.07) is 0. The zero-order valence-electron chi connectivity index (χ0n) is 6.37. The van der Waals surface area contributed by atoms with Crippen molar-refractivity contribution < 1.29 is 19.3 Å². The Bertz CT molecular complexity index is 66.8. The fourth-order valence-corrected chi connectivity index (χ4v) is 0.504. The van der Waals surface area contributed by atoms with Crippen LogP contribution in [-0.2, 0) is 14.2 Å². The number of hydrogen-bond acceptors (Lipinski definition) is 4. The first-order valence-electron chi connectivity index (χ1n) is 3.09. The summed E-state index contributed by atoms with van der Waals surface area (Å²) >= 11 is 0. The molecule has 0 rings (SSSR count). The lowest BCUT2D eigenvalue weighted by molar-refractivity contribution is -0.156. The van der Waals surface area contributed by atoms with Gasteiger partial charge in [-0.3, -0.25) is 0 Å². The van der Waals surface area contributed by atoms with Crippen molar-refractivity contribution in [3.05, 3.63) is 0 Å². The van der Waals surface area contributed by atoms with Crippen molar-refractivity contribution in [3.63, 3.8) is 0 Å². The standard InChI is InChI=1S/C6H14O4/c1-8-5-6(9-2)10-4-3-7/h6-7H,3-5H2,1-2H3. The predicted octanol–water partition coefficient (Wildman–Crippen LogP) is -0.386. The molecule has 0 aliphatic rings. The summed E-state index contributed by atoms with van der Waals surface area (Å²) in [4.78, 5) is 0. The van der Waals surface area contributed by atoms with E-state index in [9.17, 15) is 0 Å². The van der Waals surface area contributed by atoms with Crippen LogP contribution in [0.4, 0.5) is 0 Å². The minimum Gasteiger partial charge on any atom is -0.394 e. The molecule has 0 fully saturated rings. The van der Waals surface area contributed by atoms with Crippen molar-refractivity contribution in [3.8, 4) is 0 Å². The Balaban J connectivity index is 3.21. The molecule has 0 aromatic rings. The van der Waals surface area contributed by atoms with Crippen LogP contribution in [0.5, 0.6) is 0 Å². The third-order valence-electron chi connectivity index (χ3n) is 0.961. The van der Waals surface area contributed by atoms with Gasteiger partial charge in [-0.05, 0) is 0 Å². The molecular weight excluding hydrogens is 136 g/mol. The van der Waals surface area contributed by atoms with Crippen LogP contribution in [0, 0.1) is 0 Å². The summed E-state index contributed by atoms with van der Waals surface area (Å²) in [5.41, 5.74) is 0. The zero-order chi connectivity index (χ0) is 7.82. The predicted molar refractivity (Wildman–Crippen MR) is 35.7 cm³/mol. The van der Waals surface area contributed by atoms with Gasteiger partial charge in [0.1, 0.15) is 0 Å². The van der Waals surface area contributed by atoms with E-state index in [1.807, 2.05) is 0 Å². The van der Waals surface area contributed by atoms with Crippen molar-refractivity contribution in [1.82, 2.24) is 0 Å². The number of hydrogen-bond donors (Lipinski definition) is 1. The lowest BCUT2D eigenvalue weighted by atomic mass is 10.6. The highest BCUT2D eigenvalue weighted by Gasteiger charge is 2.04. The van der Waals surface area contributed by atoms with Crippen LogP contribution in [0.1, 0.15) is 0 Å². The summed E-state index contributed by atoms with van der Waals surface area (Å²) in [5.74, 6) is 0. The highest BCUT2D eigenvalue weighted by Crippen LogP contribution is 1.91. The molecule has 0 saturated carbocycles. The van der Waals surface area contributed by atoms with Gasteiger partial charge in [-0.2, -0.15) is 0 Å². The normalized spacial score (nSPS) is 13.5. The maximum absolute atomic E-state index is 8.36. The quantitative estimate of drug-likeness (QED) is 0.524. The van der Waals surface area contributed by atoms with Crippen LogP contribution in [0.15, 0.2) is 0 Å². The molecule has 0 radical (unpaired) electrons. The number of aliphatic hydroxyl groups excluding tert-OH is 1. The first-order valence-corrected chi connectivity index (χ1v) is 3.09. The molecule has 10 heavy (non-hydrogen) atoms. The Hall–Kier alpha value is -0.160. The van der Waals surface area contributed by atoms with Crippen molar-refractivity contribution in [2.24, 2.45) is 0 Å². The van der Waals surface area contributed by atoms with E-state index >= 15 is 0 Å². The minimum absolute atomic E-state index is 0.00355. The summed E-state index contributed by atoms with van der Waals surface area (Å²) in [5, 5.41) is 8.36. The number of rotatable bonds is 6. The van der Waals surface area contributed by atoms with Gasteiger partial charge in [0.15, 0.2) is 6.29 Å². The van der Waals surface area contributed by atoms with Crippen molar-refractivity contribution in [2.75, 3.05) is 34.0 Å². The van der Waals surface area contributed by atoms with E-state index in [4.69, 9.17) is 19.3 Å². The van der Waals surface area contributed by atoms with Gasteiger partial charge >= 0.3 is 0 Å². The van der Waals surface area contributed by atoms with E-state index < -0.39 is 0 Å². The van der Waals surface area contributed by atoms with Gasteiger partial charge in [0.05, 0.1) is 19.8 Å². The Morgan fingerprint density at radius 3 is 2.50 bits per heavy atom. The van der Waals surface area contributed by atoms with Crippen LogP contribution in [-0.4, -0.2) is 45.4 Å². The van der Waals surface area contributed by atoms with E-state index in [-0.39, 0.29) is 19.5 Å². The second-order valence-corrected chi connectivity index (χ2v) is 1.72. The zero-order valence-corrected chi connectivity index (χ0v) is 6.37. The van der Waals surface area contributed by atoms with Gasteiger partial charge in [-0.1, -0.05) is 0 Å². The fourth-order valence-electron chi connectivity index (χ4n) is 0.504. The highest BCUT2D eigenvalue weighted by atomic mass is 16.7. The molecule has 0 amide bonds. The van der Waals surface area contributed by atoms with Crippen LogP contribution >= 0.6 is 0 Å². The van der Waals surface area contributed by atoms with Crippen molar-refractivity contribution in [1.29, 1.82) is 0 Å². The van der Waals surface area contributed by atoms with Crippen LogP contribution in [0.25, 0.3) is 0 Å². The summed E-state index contributed by atoms with van der Waals surface area (Å²) in [6.45, 7) is 0.669. The molecule has 0 aliphatic carbocycles. The van der Waals surface area contributed by atoms with Crippen LogP contribution < -0.4 is 0 Å². The molecule has 1 N–H and O–H groups in total. The lowest BCUT2D eigenvalue weighted by Crippen LogP contribution is -2.22. The molecule has 4 heteroatoms. The number of aliphatic hydroxyl groups is 1. The number of methoxy groups -OCH3 is 2. The number of ether oxygens (including phenoxy) is 3. The molecule has 0 aromatic heterocycles. The van der Waals surface area contributed by atoms with E-state index in [1.54, 1.807) is 7.11 Å². The second-order valence-electron chi connectivity index (χ2n) is 1.72. The molecule has 4 nitrogen and oxygen atoms in total. The maximum atomic E-state index is 8.36. The SMILES string of the molecule is COCC(OC)OCCO. The summed E-state index contributed by atoms with van der Waals surface area (Å²) in [7, 11) is 3.09. The van der Waals surface area contributed by atoms with E-state index in [1.165, 1.54) is 7.11 Å². The minimum atomic E-state index is -0.364. The average molecular weight is 150 g/mol. The van der Waals surface area contributed by atoms with E-state index in [2.05, 4.69) is 0 Å².